The van der Waals surface area contributed by atoms with Crippen molar-refractivity contribution in [2.75, 3.05) is 0 Å². The molecule has 23 heavy (non-hydrogen) atoms. The lowest BCUT2D eigenvalue weighted by Gasteiger charge is -2.53. The van der Waals surface area contributed by atoms with E-state index in [1.165, 1.54) is 12.1 Å². The normalized spacial score (nSPS) is 35.7. The molecular formula is C19H22FNO2. The highest BCUT2D eigenvalue weighted by Gasteiger charge is 2.65. The first kappa shape index (κ1) is 14.9. The number of likely N-dealkylation sites (tertiary alicyclic amines) is 1. The third-order valence-corrected chi connectivity index (χ3v) is 6.49. The van der Waals surface area contributed by atoms with Gasteiger partial charge in [-0.2, -0.15) is 0 Å². The average molecular weight is 315 g/mol. The van der Waals surface area contributed by atoms with E-state index in [0.717, 1.165) is 31.2 Å². The quantitative estimate of drug-likeness (QED) is 0.802. The van der Waals surface area contributed by atoms with Crippen molar-refractivity contribution in [3.63, 3.8) is 0 Å². The minimum atomic E-state index is -0.302. The van der Waals surface area contributed by atoms with Crippen LogP contribution < -0.4 is 0 Å². The molecule has 0 radical (unpaired) electrons. The summed E-state index contributed by atoms with van der Waals surface area (Å²) in [5.74, 6) is 0.748. The molecule has 0 N–H and O–H groups in total. The number of ketones is 1. The maximum atomic E-state index is 13.1. The number of rotatable bonds is 3. The molecule has 1 saturated heterocycles. The van der Waals surface area contributed by atoms with Gasteiger partial charge in [-0.25, -0.2) is 4.39 Å². The molecule has 3 fully saturated rings. The smallest absolute Gasteiger partial charge is 0.230 e. The van der Waals surface area contributed by atoms with Crippen LogP contribution in [0.1, 0.15) is 44.6 Å². The van der Waals surface area contributed by atoms with E-state index in [4.69, 9.17) is 0 Å². The van der Waals surface area contributed by atoms with Gasteiger partial charge in [0.2, 0.25) is 5.91 Å². The van der Waals surface area contributed by atoms with Crippen molar-refractivity contribution in [1.29, 1.82) is 0 Å². The molecule has 2 aliphatic carbocycles. The van der Waals surface area contributed by atoms with Crippen LogP contribution in [0.5, 0.6) is 0 Å². The van der Waals surface area contributed by atoms with E-state index in [1.54, 1.807) is 12.1 Å². The first-order chi connectivity index (χ1) is 11.1. The molecular weight excluding hydrogens is 293 g/mol. The Morgan fingerprint density at radius 3 is 2.65 bits per heavy atom. The maximum Gasteiger partial charge on any atom is 0.230 e. The molecule has 4 unspecified atom stereocenters. The second-order valence-corrected chi connectivity index (χ2v) is 7.34. The molecule has 1 aliphatic heterocycles. The standard InChI is InChI=1S/C19H22FNO2/c1-2-19-14-6-5-13(9-14)18(19)16(22)10-17(23)21(19)11-12-3-7-15(20)8-4-12/h3-4,7-8,13-14,18H,2,5-6,9-11H2,1H3. The second-order valence-electron chi connectivity index (χ2n) is 7.34. The van der Waals surface area contributed by atoms with Crippen LogP contribution in [0.25, 0.3) is 0 Å². The van der Waals surface area contributed by atoms with E-state index in [1.807, 2.05) is 4.90 Å². The summed E-state index contributed by atoms with van der Waals surface area (Å²) in [4.78, 5) is 27.2. The number of piperidine rings is 1. The summed E-state index contributed by atoms with van der Waals surface area (Å²) in [5, 5.41) is 0. The van der Waals surface area contributed by atoms with Crippen LogP contribution in [0.2, 0.25) is 0 Å². The molecule has 1 aromatic rings. The Labute approximate surface area is 135 Å². The van der Waals surface area contributed by atoms with Gasteiger partial charge in [0.25, 0.3) is 0 Å². The SMILES string of the molecule is CCC12C3CCC(C3)C1C(=O)CC(=O)N2Cc1ccc(F)cc1. The molecule has 4 atom stereocenters. The zero-order chi connectivity index (χ0) is 16.2. The van der Waals surface area contributed by atoms with Gasteiger partial charge in [0.15, 0.2) is 0 Å². The molecule has 4 heteroatoms. The van der Waals surface area contributed by atoms with Gasteiger partial charge in [0.05, 0.1) is 12.0 Å². The van der Waals surface area contributed by atoms with E-state index in [0.29, 0.717) is 18.4 Å². The lowest BCUT2D eigenvalue weighted by Crippen LogP contribution is -2.64. The Hall–Kier alpha value is -1.71. The van der Waals surface area contributed by atoms with Crippen LogP contribution in [0, 0.1) is 23.6 Å². The van der Waals surface area contributed by atoms with Crippen LogP contribution >= 0.6 is 0 Å². The van der Waals surface area contributed by atoms with Crippen molar-refractivity contribution >= 4 is 11.7 Å². The summed E-state index contributed by atoms with van der Waals surface area (Å²) in [6.45, 7) is 2.59. The maximum absolute atomic E-state index is 13.1. The van der Waals surface area contributed by atoms with E-state index < -0.39 is 0 Å². The summed E-state index contributed by atoms with van der Waals surface area (Å²) in [7, 11) is 0. The van der Waals surface area contributed by atoms with E-state index in [2.05, 4.69) is 6.92 Å². The van der Waals surface area contributed by atoms with E-state index in [-0.39, 0.29) is 35.4 Å². The Bertz CT molecular complexity index is 656. The number of amides is 1. The number of hydrogen-bond donors (Lipinski definition) is 0. The number of benzene rings is 1. The molecule has 122 valence electrons. The summed E-state index contributed by atoms with van der Waals surface area (Å²) < 4.78 is 13.1. The fraction of sp³-hybridized carbons (Fsp3) is 0.579. The fourth-order valence-electron chi connectivity index (χ4n) is 5.66. The van der Waals surface area contributed by atoms with E-state index >= 15 is 0 Å². The highest BCUT2D eigenvalue weighted by atomic mass is 19.1. The second kappa shape index (κ2) is 5.15. The topological polar surface area (TPSA) is 37.4 Å². The fourth-order valence-corrected chi connectivity index (χ4v) is 5.66. The predicted molar refractivity (Wildman–Crippen MR) is 83.9 cm³/mol. The predicted octanol–water partition coefficient (Wildman–Crippen LogP) is 3.32. The zero-order valence-corrected chi connectivity index (χ0v) is 13.4. The Kier molecular flexibility index (Phi) is 3.33. The molecule has 1 aromatic carbocycles. The zero-order valence-electron chi connectivity index (χ0n) is 13.4. The van der Waals surface area contributed by atoms with Gasteiger partial charge >= 0.3 is 0 Å². The molecule has 3 aliphatic rings. The molecule has 4 rings (SSSR count). The Morgan fingerprint density at radius 1 is 1.22 bits per heavy atom. The molecule has 3 nitrogen and oxygen atoms in total. The number of nitrogens with zero attached hydrogens (tertiary/aromatic N) is 1. The third-order valence-electron chi connectivity index (χ3n) is 6.49. The minimum Gasteiger partial charge on any atom is -0.331 e. The summed E-state index contributed by atoms with van der Waals surface area (Å²) in [6.07, 6.45) is 4.20. The molecule has 2 saturated carbocycles. The number of hydrogen-bond acceptors (Lipinski definition) is 2. The van der Waals surface area contributed by atoms with Crippen LogP contribution in [-0.4, -0.2) is 22.1 Å². The number of fused-ring (bicyclic) bond motifs is 5. The lowest BCUT2D eigenvalue weighted by atomic mass is 9.65. The van der Waals surface area contributed by atoms with Crippen LogP contribution in [0.4, 0.5) is 4.39 Å². The number of Topliss-reactive ketones (excluding diaryl/α,β-unsaturated/α-hetero) is 1. The molecule has 1 heterocycles. The van der Waals surface area contributed by atoms with Crippen molar-refractivity contribution in [1.82, 2.24) is 4.90 Å². The number of halogens is 1. The first-order valence-electron chi connectivity index (χ1n) is 8.64. The first-order valence-corrected chi connectivity index (χ1v) is 8.64. The van der Waals surface area contributed by atoms with Gasteiger partial charge in [0, 0.05) is 12.5 Å². The van der Waals surface area contributed by atoms with Gasteiger partial charge in [-0.1, -0.05) is 19.1 Å². The van der Waals surface area contributed by atoms with Crippen molar-refractivity contribution in [3.8, 4) is 0 Å². The Balaban J connectivity index is 1.73. The largest absolute Gasteiger partial charge is 0.331 e. The third kappa shape index (κ3) is 2.00. The summed E-state index contributed by atoms with van der Waals surface area (Å²) >= 11 is 0. The summed E-state index contributed by atoms with van der Waals surface area (Å²) in [6, 6.07) is 6.35. The highest BCUT2D eigenvalue weighted by Crippen LogP contribution is 2.60. The van der Waals surface area contributed by atoms with Gasteiger partial charge in [-0.15, -0.1) is 0 Å². The van der Waals surface area contributed by atoms with Gasteiger partial charge in [0.1, 0.15) is 11.6 Å². The van der Waals surface area contributed by atoms with Crippen molar-refractivity contribution in [2.24, 2.45) is 17.8 Å². The van der Waals surface area contributed by atoms with Crippen molar-refractivity contribution < 1.29 is 14.0 Å². The monoisotopic (exact) mass is 315 g/mol. The summed E-state index contributed by atoms with van der Waals surface area (Å²) in [5.41, 5.74) is 0.632. The minimum absolute atomic E-state index is 0.0180. The average Bonchev–Trinajstić information content (AvgIpc) is 3.13. The molecule has 2 bridgehead atoms. The van der Waals surface area contributed by atoms with E-state index in [9.17, 15) is 14.0 Å². The van der Waals surface area contributed by atoms with Gasteiger partial charge in [-0.3, -0.25) is 9.59 Å². The number of carbonyl (C=O) groups excluding carboxylic acids is 2. The van der Waals surface area contributed by atoms with Gasteiger partial charge < -0.3 is 4.90 Å². The Morgan fingerprint density at radius 2 is 1.96 bits per heavy atom. The molecule has 0 spiro atoms. The molecule has 1 amide bonds. The van der Waals surface area contributed by atoms with Gasteiger partial charge in [-0.05, 0) is 55.2 Å². The number of carbonyl (C=O) groups is 2. The van der Waals surface area contributed by atoms with Crippen LogP contribution in [-0.2, 0) is 16.1 Å². The highest BCUT2D eigenvalue weighted by molar-refractivity contribution is 6.03. The van der Waals surface area contributed by atoms with Crippen LogP contribution in [0.15, 0.2) is 24.3 Å². The van der Waals surface area contributed by atoms with Crippen LogP contribution in [0.3, 0.4) is 0 Å². The van der Waals surface area contributed by atoms with Crippen molar-refractivity contribution in [2.45, 2.75) is 51.1 Å². The van der Waals surface area contributed by atoms with Crippen molar-refractivity contribution in [3.05, 3.63) is 35.6 Å². The molecule has 0 aromatic heterocycles. The lowest BCUT2D eigenvalue weighted by molar-refractivity contribution is -0.160.